The Bertz CT molecular complexity index is 1130. The minimum atomic E-state index is -2.68. The first kappa shape index (κ1) is 40.9. The molecule has 5 atom stereocenters. The van der Waals surface area contributed by atoms with Gasteiger partial charge >= 0.3 is 0 Å². The molecular weight excluding hydrogens is 716 g/mol. The molecule has 2 aromatic carbocycles. The maximum Gasteiger partial charge on any atom is 0.261 e. The first-order valence-electron chi connectivity index (χ1n) is 17.1. The SMILES string of the molecule is C[C@@H]([C@@H](O[Si](C)(C)C(C)(C)C)[C@H](C)CO[Si](c1ccccc1)(c1ccccc1)C(C)(C)C)[C@@H](O[Si](C)(C)C(C)(C)C)[C@@H](C)CI. The van der Waals surface area contributed by atoms with Crippen LogP contribution in [0.15, 0.2) is 60.7 Å². The first-order chi connectivity index (χ1) is 20.4. The highest BCUT2D eigenvalue weighted by Gasteiger charge is 2.51. The van der Waals surface area contributed by atoms with E-state index in [1.165, 1.54) is 10.4 Å². The van der Waals surface area contributed by atoms with Crippen LogP contribution >= 0.6 is 22.6 Å². The van der Waals surface area contributed by atoms with E-state index in [-0.39, 0.29) is 39.2 Å². The smallest absolute Gasteiger partial charge is 0.261 e. The Kier molecular flexibility index (Phi) is 14.1. The van der Waals surface area contributed by atoms with E-state index in [0.717, 1.165) is 4.43 Å². The van der Waals surface area contributed by atoms with Crippen LogP contribution in [0.1, 0.15) is 83.1 Å². The van der Waals surface area contributed by atoms with Crippen molar-refractivity contribution in [2.75, 3.05) is 11.0 Å². The van der Waals surface area contributed by atoms with Crippen LogP contribution in [0.2, 0.25) is 41.3 Å². The van der Waals surface area contributed by atoms with Crippen molar-refractivity contribution in [1.29, 1.82) is 0 Å². The van der Waals surface area contributed by atoms with Gasteiger partial charge in [-0.3, -0.25) is 0 Å². The van der Waals surface area contributed by atoms with Gasteiger partial charge in [-0.05, 0) is 57.6 Å². The molecule has 2 rings (SSSR count). The van der Waals surface area contributed by atoms with E-state index in [9.17, 15) is 0 Å². The summed E-state index contributed by atoms with van der Waals surface area (Å²) in [4.78, 5) is 0. The lowest BCUT2D eigenvalue weighted by atomic mass is 9.85. The summed E-state index contributed by atoms with van der Waals surface area (Å²) < 4.78 is 23.4. The number of benzene rings is 2. The second-order valence-electron chi connectivity index (χ2n) is 17.6. The van der Waals surface area contributed by atoms with E-state index < -0.39 is 25.0 Å². The fraction of sp³-hybridized carbons (Fsp3) is 0.684. The molecule has 45 heavy (non-hydrogen) atoms. The second kappa shape index (κ2) is 15.5. The Morgan fingerprint density at radius 3 is 1.24 bits per heavy atom. The molecular formula is C38H67IO3Si3. The van der Waals surface area contributed by atoms with Crippen LogP contribution in [0.3, 0.4) is 0 Å². The van der Waals surface area contributed by atoms with Crippen molar-refractivity contribution in [2.24, 2.45) is 17.8 Å². The Morgan fingerprint density at radius 1 is 0.578 bits per heavy atom. The normalized spacial score (nSPS) is 17.4. The standard InChI is InChI=1S/C38H67IO3Si3/c1-29(27-39)34(41-43(13,14)36(4,5)6)31(3)35(42-44(15,16)37(7,8)9)30(2)28-40-45(38(10,11)12,32-23-19-17-20-24-32)33-25-21-18-22-26-33/h17-26,29-31,34-35H,27-28H2,1-16H3/t29-,30+,31+,34-,35-/m0/s1. The topological polar surface area (TPSA) is 27.7 Å². The summed E-state index contributed by atoms with van der Waals surface area (Å²) in [6.07, 6.45) is 0.136. The minimum absolute atomic E-state index is 0.0178. The summed E-state index contributed by atoms with van der Waals surface area (Å²) in [6.45, 7) is 38.5. The highest BCUT2D eigenvalue weighted by Crippen LogP contribution is 2.44. The number of alkyl halides is 1. The predicted molar refractivity (Wildman–Crippen MR) is 214 cm³/mol. The molecule has 0 bridgehead atoms. The van der Waals surface area contributed by atoms with E-state index in [1.54, 1.807) is 0 Å². The molecule has 0 saturated carbocycles. The third kappa shape index (κ3) is 9.66. The summed E-state index contributed by atoms with van der Waals surface area (Å²) in [5.74, 6) is 0.823. The molecule has 0 aliphatic carbocycles. The van der Waals surface area contributed by atoms with E-state index in [0.29, 0.717) is 12.5 Å². The monoisotopic (exact) mass is 782 g/mol. The molecule has 2 aromatic rings. The molecule has 0 aromatic heterocycles. The predicted octanol–water partition coefficient (Wildman–Crippen LogP) is 10.7. The van der Waals surface area contributed by atoms with Crippen LogP contribution in [-0.2, 0) is 13.3 Å². The molecule has 0 spiro atoms. The largest absolute Gasteiger partial charge is 0.413 e. The quantitative estimate of drug-likeness (QED) is 0.109. The molecule has 0 N–H and O–H groups in total. The maximum atomic E-state index is 7.52. The third-order valence-electron chi connectivity index (χ3n) is 10.9. The van der Waals surface area contributed by atoms with Crippen LogP contribution in [0.4, 0.5) is 0 Å². The van der Waals surface area contributed by atoms with Gasteiger partial charge in [-0.15, -0.1) is 0 Å². The molecule has 0 unspecified atom stereocenters. The number of hydrogen-bond donors (Lipinski definition) is 0. The lowest BCUT2D eigenvalue weighted by Crippen LogP contribution is -2.67. The highest BCUT2D eigenvalue weighted by atomic mass is 127. The van der Waals surface area contributed by atoms with Crippen LogP contribution in [0.5, 0.6) is 0 Å². The Hall–Kier alpha value is -0.299. The second-order valence-corrected chi connectivity index (χ2v) is 32.3. The summed E-state index contributed by atoms with van der Waals surface area (Å²) in [6, 6.07) is 22.0. The zero-order valence-electron chi connectivity index (χ0n) is 31.7. The van der Waals surface area contributed by atoms with Gasteiger partial charge in [0.2, 0.25) is 0 Å². The van der Waals surface area contributed by atoms with E-state index >= 15 is 0 Å². The van der Waals surface area contributed by atoms with Crippen molar-refractivity contribution in [1.82, 2.24) is 0 Å². The zero-order chi connectivity index (χ0) is 34.6. The van der Waals surface area contributed by atoms with Crippen LogP contribution in [-0.4, -0.2) is 48.2 Å². The molecule has 0 heterocycles. The van der Waals surface area contributed by atoms with Gasteiger partial charge in [0.1, 0.15) is 0 Å². The molecule has 256 valence electrons. The minimum Gasteiger partial charge on any atom is -0.413 e. The summed E-state index contributed by atoms with van der Waals surface area (Å²) in [7, 11) is -6.81. The fourth-order valence-corrected chi connectivity index (χ4v) is 14.0. The van der Waals surface area contributed by atoms with E-state index in [1.807, 2.05) is 0 Å². The highest BCUT2D eigenvalue weighted by molar-refractivity contribution is 14.1. The van der Waals surface area contributed by atoms with Gasteiger partial charge in [-0.2, -0.15) is 0 Å². The van der Waals surface area contributed by atoms with Gasteiger partial charge in [0, 0.05) is 22.9 Å². The fourth-order valence-electron chi connectivity index (χ4n) is 5.90. The number of rotatable bonds is 14. The molecule has 0 fully saturated rings. The van der Waals surface area contributed by atoms with Gasteiger partial charge in [0.15, 0.2) is 16.6 Å². The van der Waals surface area contributed by atoms with Gasteiger partial charge in [-0.1, -0.05) is 166 Å². The van der Waals surface area contributed by atoms with E-state index in [2.05, 4.69) is 193 Å². The number of hydrogen-bond acceptors (Lipinski definition) is 3. The molecule has 0 amide bonds. The van der Waals surface area contributed by atoms with Gasteiger partial charge in [0.05, 0.1) is 12.2 Å². The van der Waals surface area contributed by atoms with E-state index in [4.69, 9.17) is 13.3 Å². The molecule has 3 nitrogen and oxygen atoms in total. The Morgan fingerprint density at radius 2 is 0.933 bits per heavy atom. The Labute approximate surface area is 295 Å². The maximum absolute atomic E-state index is 7.52. The summed E-state index contributed by atoms with van der Waals surface area (Å²) in [5, 5.41) is 2.82. The molecule has 0 radical (unpaired) electrons. The van der Waals surface area contributed by atoms with Gasteiger partial charge < -0.3 is 13.3 Å². The van der Waals surface area contributed by atoms with Crippen LogP contribution < -0.4 is 10.4 Å². The van der Waals surface area contributed by atoms with Crippen LogP contribution in [0, 0.1) is 17.8 Å². The average Bonchev–Trinajstić information content (AvgIpc) is 2.93. The van der Waals surface area contributed by atoms with Crippen molar-refractivity contribution in [3.05, 3.63) is 60.7 Å². The molecule has 0 aliphatic heterocycles. The van der Waals surface area contributed by atoms with Gasteiger partial charge in [-0.25, -0.2) is 0 Å². The summed E-state index contributed by atoms with van der Waals surface area (Å²) in [5.41, 5.74) is 0. The first-order valence-corrected chi connectivity index (χ1v) is 26.3. The van der Waals surface area contributed by atoms with Gasteiger partial charge in [0.25, 0.3) is 8.32 Å². The Balaban J connectivity index is 2.66. The third-order valence-corrected chi connectivity index (χ3v) is 26.2. The van der Waals surface area contributed by atoms with Crippen molar-refractivity contribution >= 4 is 57.9 Å². The van der Waals surface area contributed by atoms with Crippen LogP contribution in [0.25, 0.3) is 0 Å². The molecule has 0 aliphatic rings. The van der Waals surface area contributed by atoms with Crippen molar-refractivity contribution in [3.8, 4) is 0 Å². The zero-order valence-corrected chi connectivity index (χ0v) is 36.8. The van der Waals surface area contributed by atoms with Crippen molar-refractivity contribution in [2.45, 2.75) is 137 Å². The lowest BCUT2D eigenvalue weighted by Gasteiger charge is -2.49. The lowest BCUT2D eigenvalue weighted by molar-refractivity contribution is -0.0204. The molecule has 7 heteroatoms. The van der Waals surface area contributed by atoms with Crippen molar-refractivity contribution in [3.63, 3.8) is 0 Å². The molecule has 0 saturated heterocycles. The average molecular weight is 783 g/mol. The number of halogens is 1. The van der Waals surface area contributed by atoms with Crippen molar-refractivity contribution < 1.29 is 13.3 Å². The summed E-state index contributed by atoms with van der Waals surface area (Å²) >= 11 is 2.55.